The number of para-hydroxylation sites is 4. The van der Waals surface area contributed by atoms with E-state index in [9.17, 15) is 0 Å². The smallest absolute Gasteiger partial charge is 0.237 e. The predicted molar refractivity (Wildman–Crippen MR) is 236 cm³/mol. The second-order valence-corrected chi connectivity index (χ2v) is 11.1. The summed E-state index contributed by atoms with van der Waals surface area (Å²) in [4.78, 5) is 0. The van der Waals surface area contributed by atoms with Crippen LogP contribution in [-0.4, -0.2) is 13.7 Å². The molecule has 0 aliphatic carbocycles. The summed E-state index contributed by atoms with van der Waals surface area (Å²) >= 11 is 0. The number of rotatable bonds is 2. The zero-order valence-electron chi connectivity index (χ0n) is 34.8. The van der Waals surface area contributed by atoms with Gasteiger partial charge in [-0.25, -0.2) is 13.7 Å². The highest BCUT2D eigenvalue weighted by molar-refractivity contribution is 6.10. The molecule has 4 heterocycles. The maximum absolute atomic E-state index is 2.36. The lowest BCUT2D eigenvalue weighted by Crippen LogP contribution is -2.32. The van der Waals surface area contributed by atoms with Crippen molar-refractivity contribution in [2.45, 2.75) is 90.5 Å². The number of nitrogens with zero attached hydrogens (tertiary/aromatic N) is 5. The second-order valence-electron chi connectivity index (χ2n) is 11.1. The Morgan fingerprint density at radius 3 is 1.49 bits per heavy atom. The van der Waals surface area contributed by atoms with E-state index in [1.165, 1.54) is 60.6 Å². The van der Waals surface area contributed by atoms with Crippen LogP contribution < -0.4 is 9.13 Å². The number of aryl methyl sites for hydroxylation is 5. The number of pyridine rings is 1. The summed E-state index contributed by atoms with van der Waals surface area (Å²) in [6.45, 7) is 24.3. The van der Waals surface area contributed by atoms with E-state index in [4.69, 9.17) is 0 Å². The Hall–Kier alpha value is -5.16. The van der Waals surface area contributed by atoms with E-state index in [-0.39, 0.29) is 7.43 Å². The molecule has 284 valence electrons. The standard InChI is InChI=1S/C19H17N2.C18H18N3.5C2H6.CH4/c1-14-8-3-5-11-17(14)21-18-12-6-4-9-15(18)16-10-7-13-20(2)19(16)21;1-13-7-6-9-15-14-8-4-5-10-16(14)21(17(13)15)18-19(2)11-12-20(18)3;5*1-2;/h3-13H,1-2H3;4-12H,1-3H3;5*1-2H3;1H4/q2*+1;;;;;;. The molecule has 4 aromatic heterocycles. The Labute approximate surface area is 321 Å². The molecule has 53 heavy (non-hydrogen) atoms. The summed E-state index contributed by atoms with van der Waals surface area (Å²) in [5, 5.41) is 5.20. The highest BCUT2D eigenvalue weighted by Gasteiger charge is 2.24. The Balaban J connectivity index is 0.000000423. The number of benzene rings is 4. The minimum atomic E-state index is 0. The zero-order valence-corrected chi connectivity index (χ0v) is 34.8. The third-order valence-corrected chi connectivity index (χ3v) is 8.39. The molecule has 0 saturated heterocycles. The normalized spacial score (nSPS) is 9.64. The lowest BCUT2D eigenvalue weighted by molar-refractivity contribution is -0.664. The Kier molecular flexibility index (Phi) is 19.6. The number of hydrogen-bond donors (Lipinski definition) is 0. The number of imidazole rings is 1. The van der Waals surface area contributed by atoms with Crippen LogP contribution in [0.5, 0.6) is 0 Å². The van der Waals surface area contributed by atoms with Gasteiger partial charge in [-0.2, -0.15) is 9.13 Å². The molecule has 0 fully saturated rings. The van der Waals surface area contributed by atoms with Crippen LogP contribution in [0.25, 0.3) is 55.4 Å². The highest BCUT2D eigenvalue weighted by atomic mass is 15.3. The van der Waals surface area contributed by atoms with E-state index < -0.39 is 0 Å². The fourth-order valence-corrected chi connectivity index (χ4v) is 6.46. The quantitative estimate of drug-likeness (QED) is 0.159. The molecule has 4 aromatic carbocycles. The number of fused-ring (bicyclic) bond motifs is 6. The first-order chi connectivity index (χ1) is 25.5. The van der Waals surface area contributed by atoms with Crippen molar-refractivity contribution in [1.29, 1.82) is 0 Å². The molecule has 0 atom stereocenters. The van der Waals surface area contributed by atoms with E-state index in [1.54, 1.807) is 0 Å². The van der Waals surface area contributed by atoms with Crippen LogP contribution in [0.3, 0.4) is 0 Å². The molecule has 5 nitrogen and oxygen atoms in total. The van der Waals surface area contributed by atoms with Crippen LogP contribution in [-0.2, 0) is 21.1 Å². The minimum absolute atomic E-state index is 0. The van der Waals surface area contributed by atoms with E-state index in [0.29, 0.717) is 0 Å². The molecule has 0 saturated carbocycles. The Bertz CT molecular complexity index is 2240. The van der Waals surface area contributed by atoms with E-state index in [1.807, 2.05) is 69.2 Å². The average molecular weight is 716 g/mol. The van der Waals surface area contributed by atoms with E-state index in [2.05, 4.69) is 180 Å². The van der Waals surface area contributed by atoms with Gasteiger partial charge in [0.2, 0.25) is 0 Å². The second kappa shape index (κ2) is 22.7. The summed E-state index contributed by atoms with van der Waals surface area (Å²) < 4.78 is 11.2. The minimum Gasteiger partial charge on any atom is -0.237 e. The maximum atomic E-state index is 2.36. The third-order valence-electron chi connectivity index (χ3n) is 8.39. The van der Waals surface area contributed by atoms with Crippen LogP contribution in [0.4, 0.5) is 0 Å². The lowest BCUT2D eigenvalue weighted by Gasteiger charge is -2.04. The topological polar surface area (TPSA) is 22.5 Å². The molecule has 8 aromatic rings. The van der Waals surface area contributed by atoms with Gasteiger partial charge in [0, 0.05) is 16.2 Å². The van der Waals surface area contributed by atoms with Crippen molar-refractivity contribution in [3.8, 4) is 11.6 Å². The van der Waals surface area contributed by atoms with Crippen LogP contribution in [0.2, 0.25) is 0 Å². The molecule has 0 unspecified atom stereocenters. The summed E-state index contributed by atoms with van der Waals surface area (Å²) in [6, 6.07) is 36.6. The molecule has 0 amide bonds. The van der Waals surface area contributed by atoms with Gasteiger partial charge in [-0.15, -0.1) is 0 Å². The summed E-state index contributed by atoms with van der Waals surface area (Å²) in [6.07, 6.45) is 6.29. The largest absolute Gasteiger partial charge is 0.369 e. The molecule has 0 aliphatic heterocycles. The molecule has 0 aliphatic rings. The maximum Gasteiger partial charge on any atom is 0.369 e. The lowest BCUT2D eigenvalue weighted by atomic mass is 10.1. The molecule has 0 bridgehead atoms. The summed E-state index contributed by atoms with van der Waals surface area (Å²) in [7, 11) is 6.29. The van der Waals surface area contributed by atoms with Crippen LogP contribution in [0, 0.1) is 13.8 Å². The van der Waals surface area contributed by atoms with Gasteiger partial charge in [-0.1, -0.05) is 143 Å². The van der Waals surface area contributed by atoms with Gasteiger partial charge < -0.3 is 0 Å². The molecule has 0 radical (unpaired) electrons. The van der Waals surface area contributed by atoms with E-state index in [0.717, 1.165) is 5.95 Å². The summed E-state index contributed by atoms with van der Waals surface area (Å²) in [5.41, 5.74) is 8.84. The van der Waals surface area contributed by atoms with Crippen LogP contribution >= 0.6 is 0 Å². The van der Waals surface area contributed by atoms with Crippen molar-refractivity contribution >= 4 is 43.7 Å². The van der Waals surface area contributed by atoms with Gasteiger partial charge in [-0.05, 0) is 61.4 Å². The average Bonchev–Trinajstić information content (AvgIpc) is 3.85. The third kappa shape index (κ3) is 9.26. The predicted octanol–water partition coefficient (Wildman–Crippen LogP) is 12.9. The Morgan fingerprint density at radius 2 is 0.925 bits per heavy atom. The van der Waals surface area contributed by atoms with Gasteiger partial charge in [0.1, 0.15) is 22.2 Å². The van der Waals surface area contributed by atoms with Crippen molar-refractivity contribution in [1.82, 2.24) is 13.7 Å². The van der Waals surface area contributed by atoms with Crippen LogP contribution in [0.1, 0.15) is 87.8 Å². The molecular weight excluding hydrogens is 647 g/mol. The van der Waals surface area contributed by atoms with Crippen LogP contribution in [0.15, 0.2) is 122 Å². The highest BCUT2D eigenvalue weighted by Crippen LogP contribution is 2.33. The van der Waals surface area contributed by atoms with Crippen molar-refractivity contribution in [2.75, 3.05) is 0 Å². The van der Waals surface area contributed by atoms with Crippen molar-refractivity contribution in [3.63, 3.8) is 0 Å². The monoisotopic (exact) mass is 716 g/mol. The number of aromatic nitrogens is 5. The molecule has 0 spiro atoms. The fourth-order valence-electron chi connectivity index (χ4n) is 6.46. The van der Waals surface area contributed by atoms with Crippen molar-refractivity contribution in [3.05, 3.63) is 133 Å². The van der Waals surface area contributed by atoms with Gasteiger partial charge in [-0.3, -0.25) is 0 Å². The molecule has 0 N–H and O–H groups in total. The first-order valence-corrected chi connectivity index (χ1v) is 19.4. The molecular formula is C48H69N5+2. The molecule has 8 rings (SSSR count). The SMILES string of the molecule is C.CC.CC.CC.CC.CC.Cc1cccc2c3ccccc3n(-c3n(C)cc[n+]3C)c12.Cc1ccccc1-n1c2ccccc2c2ccc[n+](C)c21. The molecule has 5 heteroatoms. The van der Waals surface area contributed by atoms with Gasteiger partial charge >= 0.3 is 5.95 Å². The zero-order chi connectivity index (χ0) is 39.0. The first kappa shape index (κ1) is 45.9. The van der Waals surface area contributed by atoms with Gasteiger partial charge in [0.15, 0.2) is 0 Å². The Morgan fingerprint density at radius 1 is 0.453 bits per heavy atom. The van der Waals surface area contributed by atoms with Gasteiger partial charge in [0.25, 0.3) is 5.65 Å². The number of hydrogen-bond acceptors (Lipinski definition) is 0. The summed E-state index contributed by atoms with van der Waals surface area (Å²) in [5.74, 6) is 1.16. The fraction of sp³-hybridized carbons (Fsp3) is 0.333. The van der Waals surface area contributed by atoms with E-state index >= 15 is 0 Å². The van der Waals surface area contributed by atoms with Crippen molar-refractivity contribution < 1.29 is 9.13 Å². The first-order valence-electron chi connectivity index (χ1n) is 19.4. The van der Waals surface area contributed by atoms with Gasteiger partial charge in [0.05, 0.1) is 45.1 Å². The van der Waals surface area contributed by atoms with Crippen molar-refractivity contribution in [2.24, 2.45) is 21.1 Å².